The zero-order valence-corrected chi connectivity index (χ0v) is 29.9. The number of halogens is 3. The van der Waals surface area contributed by atoms with Gasteiger partial charge in [0.25, 0.3) is 0 Å². The van der Waals surface area contributed by atoms with Crippen molar-refractivity contribution in [3.63, 3.8) is 0 Å². The molecule has 5 rings (SSSR count). The zero-order chi connectivity index (χ0) is 31.9. The van der Waals surface area contributed by atoms with Crippen LogP contribution in [0.15, 0.2) is 86.0 Å². The maximum Gasteiger partial charge on any atom is 0.338 e. The predicted molar refractivity (Wildman–Crippen MR) is 185 cm³/mol. The molecule has 3 aromatic carbocycles. The van der Waals surface area contributed by atoms with Crippen LogP contribution in [0.5, 0.6) is 11.5 Å². The molecule has 1 unspecified atom stereocenters. The maximum absolute atomic E-state index is 13.6. The van der Waals surface area contributed by atoms with Crippen LogP contribution in [0, 0.1) is 0 Å². The molecule has 2 heterocycles. The molecule has 0 aliphatic carbocycles. The minimum atomic E-state index is -0.631. The van der Waals surface area contributed by atoms with Crippen LogP contribution in [0.1, 0.15) is 56.3 Å². The quantitative estimate of drug-likeness (QED) is 0.0817. The number of thioether (sulfide) groups is 1. The second kappa shape index (κ2) is 15.5. The first kappa shape index (κ1) is 33.4. The Bertz CT molecular complexity index is 1700. The van der Waals surface area contributed by atoms with Gasteiger partial charge in [0, 0.05) is 20.9 Å². The summed E-state index contributed by atoms with van der Waals surface area (Å²) in [4.78, 5) is 18.4. The summed E-state index contributed by atoms with van der Waals surface area (Å²) in [6.07, 6.45) is 1.69. The smallest absolute Gasteiger partial charge is 0.338 e. The first-order valence-corrected chi connectivity index (χ1v) is 17.5. The number of carbonyl (C=O) groups is 1. The predicted octanol–water partition coefficient (Wildman–Crippen LogP) is 9.36. The molecule has 0 fully saturated rings. The van der Waals surface area contributed by atoms with Crippen LogP contribution in [0.2, 0.25) is 5.02 Å². The van der Waals surface area contributed by atoms with E-state index in [0.29, 0.717) is 68.9 Å². The highest BCUT2D eigenvalue weighted by Gasteiger charge is 2.36. The highest BCUT2D eigenvalue weighted by molar-refractivity contribution is 9.10. The number of aromatic nitrogens is 3. The Balaban J connectivity index is 1.52. The van der Waals surface area contributed by atoms with Crippen molar-refractivity contribution in [1.29, 1.82) is 0 Å². The van der Waals surface area contributed by atoms with Gasteiger partial charge in [0.1, 0.15) is 12.6 Å². The zero-order valence-electron chi connectivity index (χ0n) is 25.1. The minimum Gasteiger partial charge on any atom is -0.490 e. The van der Waals surface area contributed by atoms with Gasteiger partial charge in [0.15, 0.2) is 11.5 Å². The SMILES string of the molecule is CCCCOC(=O)C1=C(C)Nc2nc(SCc3ccccc3Cl)nn2C1c1cc(Br)c(OCc2ccc(Br)cc2)c(OCC)c1. The molecule has 45 heavy (non-hydrogen) atoms. The molecule has 12 heteroatoms. The molecule has 0 saturated carbocycles. The van der Waals surface area contributed by atoms with E-state index in [1.165, 1.54) is 11.8 Å². The number of allylic oxidation sites excluding steroid dienone is 1. The van der Waals surface area contributed by atoms with E-state index in [-0.39, 0.29) is 0 Å². The summed E-state index contributed by atoms with van der Waals surface area (Å²) < 4.78 is 21.5. The van der Waals surface area contributed by atoms with Crippen LogP contribution >= 0.6 is 55.2 Å². The normalized spacial score (nSPS) is 14.1. The summed E-state index contributed by atoms with van der Waals surface area (Å²) in [7, 11) is 0. The molecular formula is C33H33Br2ClN4O4S. The standard InChI is InChI=1S/C33H33Br2ClN4O4S/c1-4-6-15-43-31(41)28-20(3)37-32-38-33(45-19-22-9-7-8-10-26(22)36)39-40(32)29(28)23-16-25(35)30(27(17-23)42-5-2)44-18-21-11-13-24(34)14-12-21/h7-14,16-17,29H,4-6,15,18-19H2,1-3H3,(H,37,38,39). The lowest BCUT2D eigenvalue weighted by Crippen LogP contribution is -2.30. The van der Waals surface area contributed by atoms with Crippen LogP contribution in [0.3, 0.4) is 0 Å². The Morgan fingerprint density at radius 1 is 1.09 bits per heavy atom. The molecule has 8 nitrogen and oxygen atoms in total. The number of benzene rings is 3. The van der Waals surface area contributed by atoms with Crippen molar-refractivity contribution < 1.29 is 19.0 Å². The van der Waals surface area contributed by atoms with Crippen LogP contribution < -0.4 is 14.8 Å². The topological polar surface area (TPSA) is 87.5 Å². The second-order valence-electron chi connectivity index (χ2n) is 10.3. The molecule has 0 saturated heterocycles. The van der Waals surface area contributed by atoms with E-state index in [0.717, 1.165) is 34.0 Å². The number of nitrogens with zero attached hydrogens (tertiary/aromatic N) is 3. The fourth-order valence-corrected chi connectivity index (χ4v) is 6.75. The summed E-state index contributed by atoms with van der Waals surface area (Å²) in [5.74, 6) is 1.82. The number of hydrogen-bond acceptors (Lipinski definition) is 8. The molecule has 4 aromatic rings. The number of esters is 1. The van der Waals surface area contributed by atoms with Gasteiger partial charge in [0.05, 0.1) is 23.3 Å². The first-order chi connectivity index (χ1) is 21.8. The van der Waals surface area contributed by atoms with E-state index in [4.69, 9.17) is 35.9 Å². The van der Waals surface area contributed by atoms with Gasteiger partial charge in [0.2, 0.25) is 11.1 Å². The highest BCUT2D eigenvalue weighted by atomic mass is 79.9. The Morgan fingerprint density at radius 2 is 1.87 bits per heavy atom. The van der Waals surface area contributed by atoms with Crippen molar-refractivity contribution in [2.75, 3.05) is 18.5 Å². The fourth-order valence-electron chi connectivity index (χ4n) is 4.79. The third-order valence-electron chi connectivity index (χ3n) is 7.04. The van der Waals surface area contributed by atoms with Crippen molar-refractivity contribution in [3.8, 4) is 11.5 Å². The van der Waals surface area contributed by atoms with Gasteiger partial charge >= 0.3 is 5.97 Å². The van der Waals surface area contributed by atoms with E-state index in [1.807, 2.05) is 74.5 Å². The average Bonchev–Trinajstić information content (AvgIpc) is 3.42. The molecule has 1 aromatic heterocycles. The van der Waals surface area contributed by atoms with E-state index in [1.54, 1.807) is 4.68 Å². The number of fused-ring (bicyclic) bond motifs is 1. The number of carbonyl (C=O) groups excluding carboxylic acids is 1. The number of nitrogens with one attached hydrogen (secondary N) is 1. The lowest BCUT2D eigenvalue weighted by Gasteiger charge is -2.29. The van der Waals surface area contributed by atoms with Gasteiger partial charge in [-0.05, 0) is 83.2 Å². The summed E-state index contributed by atoms with van der Waals surface area (Å²) in [5.41, 5.74) is 3.86. The van der Waals surface area contributed by atoms with Crippen molar-refractivity contribution in [2.24, 2.45) is 0 Å². The molecule has 1 aliphatic rings. The lowest BCUT2D eigenvalue weighted by molar-refractivity contribution is -0.139. The molecule has 0 amide bonds. The van der Waals surface area contributed by atoms with E-state index >= 15 is 0 Å². The Hall–Kier alpha value is -2.99. The van der Waals surface area contributed by atoms with Gasteiger partial charge in [-0.15, -0.1) is 5.10 Å². The van der Waals surface area contributed by atoms with Gasteiger partial charge in [-0.3, -0.25) is 0 Å². The number of hydrogen-bond donors (Lipinski definition) is 1. The summed E-state index contributed by atoms with van der Waals surface area (Å²) >= 11 is 15.1. The molecular weight excluding hydrogens is 744 g/mol. The third kappa shape index (κ3) is 8.06. The van der Waals surface area contributed by atoms with E-state index < -0.39 is 12.0 Å². The number of ether oxygens (including phenoxy) is 3. The first-order valence-electron chi connectivity index (χ1n) is 14.6. The Labute approximate surface area is 289 Å². The molecule has 1 N–H and O–H groups in total. The Kier molecular flexibility index (Phi) is 11.5. The number of anilines is 1. The van der Waals surface area contributed by atoms with Gasteiger partial charge in [-0.25, -0.2) is 9.48 Å². The van der Waals surface area contributed by atoms with Crippen molar-refractivity contribution in [1.82, 2.24) is 14.8 Å². The van der Waals surface area contributed by atoms with E-state index in [2.05, 4.69) is 44.1 Å². The highest BCUT2D eigenvalue weighted by Crippen LogP contribution is 2.44. The molecule has 0 radical (unpaired) electrons. The van der Waals surface area contributed by atoms with Crippen LogP contribution in [-0.2, 0) is 21.9 Å². The molecule has 1 aliphatic heterocycles. The summed E-state index contributed by atoms with van der Waals surface area (Å²) in [6, 6.07) is 18.9. The van der Waals surface area contributed by atoms with Crippen LogP contribution in [0.4, 0.5) is 5.95 Å². The number of unbranched alkanes of at least 4 members (excludes halogenated alkanes) is 1. The van der Waals surface area contributed by atoms with Crippen molar-refractivity contribution >= 4 is 67.1 Å². The van der Waals surface area contributed by atoms with Gasteiger partial charge in [-0.1, -0.05) is 83.0 Å². The Morgan fingerprint density at radius 3 is 2.60 bits per heavy atom. The van der Waals surface area contributed by atoms with Crippen molar-refractivity contribution in [3.05, 3.63) is 103 Å². The maximum atomic E-state index is 13.6. The number of rotatable bonds is 13. The largest absolute Gasteiger partial charge is 0.490 e. The van der Waals surface area contributed by atoms with E-state index in [9.17, 15) is 4.79 Å². The molecule has 236 valence electrons. The molecule has 0 bridgehead atoms. The lowest BCUT2D eigenvalue weighted by atomic mass is 9.95. The molecule has 1 atom stereocenters. The average molecular weight is 777 g/mol. The summed E-state index contributed by atoms with van der Waals surface area (Å²) in [6.45, 7) is 6.94. The van der Waals surface area contributed by atoms with Gasteiger partial charge in [-0.2, -0.15) is 4.98 Å². The molecule has 0 spiro atoms. The van der Waals surface area contributed by atoms with Crippen molar-refractivity contribution in [2.45, 2.75) is 57.2 Å². The third-order valence-corrected chi connectivity index (χ3v) is 9.42. The van der Waals surface area contributed by atoms with Crippen LogP contribution in [0.25, 0.3) is 0 Å². The van der Waals surface area contributed by atoms with Gasteiger partial charge < -0.3 is 19.5 Å². The van der Waals surface area contributed by atoms with Crippen LogP contribution in [-0.4, -0.2) is 33.9 Å². The fraction of sp³-hybridized carbons (Fsp3) is 0.303. The summed E-state index contributed by atoms with van der Waals surface area (Å²) in [5, 5.41) is 9.37. The monoisotopic (exact) mass is 774 g/mol. The minimum absolute atomic E-state index is 0.332. The second-order valence-corrected chi connectivity index (χ2v) is 13.4.